The molecule has 0 bridgehead atoms. The van der Waals surface area contributed by atoms with Gasteiger partial charge < -0.3 is 10.5 Å². The summed E-state index contributed by atoms with van der Waals surface area (Å²) in [7, 11) is 0. The van der Waals surface area contributed by atoms with Crippen LogP contribution in [0.25, 0.3) is 0 Å². The van der Waals surface area contributed by atoms with Gasteiger partial charge in [0.1, 0.15) is 5.75 Å². The average Bonchev–Trinajstić information content (AvgIpc) is 2.20. The molecule has 0 aromatic heterocycles. The van der Waals surface area contributed by atoms with Gasteiger partial charge in [0, 0.05) is 0 Å². The van der Waals surface area contributed by atoms with E-state index in [9.17, 15) is 0 Å². The van der Waals surface area contributed by atoms with Gasteiger partial charge in [0.15, 0.2) is 0 Å². The Morgan fingerprint density at radius 2 is 1.93 bits per heavy atom. The van der Waals surface area contributed by atoms with Gasteiger partial charge >= 0.3 is 0 Å². The van der Waals surface area contributed by atoms with Crippen LogP contribution in [0.3, 0.4) is 0 Å². The Hall–Kier alpha value is -1.02. The number of rotatable bonds is 6. The molecule has 0 fully saturated rings. The number of unbranched alkanes of at least 4 members (excludes halogenated alkanes) is 2. The SMILES string of the molecule is Cc1ccc(OCCCCCN)c(C)c1. The maximum atomic E-state index is 5.70. The van der Waals surface area contributed by atoms with E-state index in [0.717, 1.165) is 38.2 Å². The van der Waals surface area contributed by atoms with Crippen LogP contribution in [-0.4, -0.2) is 13.2 Å². The Balaban J connectivity index is 2.31. The topological polar surface area (TPSA) is 35.2 Å². The third-order valence-electron chi connectivity index (χ3n) is 2.44. The summed E-state index contributed by atoms with van der Waals surface area (Å²) >= 11 is 0. The molecule has 2 N–H and O–H groups in total. The zero-order valence-corrected chi connectivity index (χ0v) is 9.75. The second kappa shape index (κ2) is 6.46. The van der Waals surface area contributed by atoms with E-state index >= 15 is 0 Å². The fraction of sp³-hybridized carbons (Fsp3) is 0.538. The summed E-state index contributed by atoms with van der Waals surface area (Å²) < 4.78 is 5.70. The van der Waals surface area contributed by atoms with Gasteiger partial charge in [0.2, 0.25) is 0 Å². The smallest absolute Gasteiger partial charge is 0.122 e. The highest BCUT2D eigenvalue weighted by Gasteiger charge is 1.98. The van der Waals surface area contributed by atoms with Gasteiger partial charge in [0.25, 0.3) is 0 Å². The van der Waals surface area contributed by atoms with Crippen molar-refractivity contribution >= 4 is 0 Å². The summed E-state index contributed by atoms with van der Waals surface area (Å²) in [5.74, 6) is 1.01. The standard InChI is InChI=1S/C13H21NO/c1-11-6-7-13(12(2)10-11)15-9-5-3-4-8-14/h6-7,10H,3-5,8-9,14H2,1-2H3. The van der Waals surface area contributed by atoms with Crippen LogP contribution in [0.1, 0.15) is 30.4 Å². The van der Waals surface area contributed by atoms with Crippen molar-refractivity contribution in [3.05, 3.63) is 29.3 Å². The van der Waals surface area contributed by atoms with E-state index in [4.69, 9.17) is 10.5 Å². The molecular formula is C13H21NO. The summed E-state index contributed by atoms with van der Waals surface area (Å²) in [6.07, 6.45) is 3.34. The predicted octanol–water partition coefficient (Wildman–Crippen LogP) is 2.81. The molecule has 15 heavy (non-hydrogen) atoms. The van der Waals surface area contributed by atoms with Crippen LogP contribution in [-0.2, 0) is 0 Å². The zero-order valence-electron chi connectivity index (χ0n) is 9.75. The quantitative estimate of drug-likeness (QED) is 0.728. The molecule has 0 saturated heterocycles. The molecule has 2 nitrogen and oxygen atoms in total. The summed E-state index contributed by atoms with van der Waals surface area (Å²) in [6.45, 7) is 5.76. The van der Waals surface area contributed by atoms with E-state index < -0.39 is 0 Å². The van der Waals surface area contributed by atoms with Gasteiger partial charge in [-0.3, -0.25) is 0 Å². The van der Waals surface area contributed by atoms with Gasteiger partial charge in [0.05, 0.1) is 6.61 Å². The molecule has 0 heterocycles. The molecule has 0 aliphatic carbocycles. The Kier molecular flexibility index (Phi) is 5.19. The van der Waals surface area contributed by atoms with Crippen molar-refractivity contribution in [1.29, 1.82) is 0 Å². The minimum atomic E-state index is 0.781. The maximum absolute atomic E-state index is 5.70. The Morgan fingerprint density at radius 3 is 2.60 bits per heavy atom. The van der Waals surface area contributed by atoms with Crippen molar-refractivity contribution in [3.8, 4) is 5.75 Å². The summed E-state index contributed by atoms with van der Waals surface area (Å²) in [5, 5.41) is 0. The lowest BCUT2D eigenvalue weighted by atomic mass is 10.1. The van der Waals surface area contributed by atoms with Crippen LogP contribution >= 0.6 is 0 Å². The van der Waals surface area contributed by atoms with E-state index in [0.29, 0.717) is 0 Å². The lowest BCUT2D eigenvalue weighted by Crippen LogP contribution is -2.02. The Morgan fingerprint density at radius 1 is 1.13 bits per heavy atom. The van der Waals surface area contributed by atoms with Crippen LogP contribution in [0, 0.1) is 13.8 Å². The summed E-state index contributed by atoms with van der Waals surface area (Å²) in [6, 6.07) is 6.28. The van der Waals surface area contributed by atoms with E-state index in [-0.39, 0.29) is 0 Å². The first-order valence-electron chi connectivity index (χ1n) is 5.64. The second-order valence-electron chi connectivity index (χ2n) is 3.97. The van der Waals surface area contributed by atoms with Crippen molar-refractivity contribution in [2.24, 2.45) is 5.73 Å². The third-order valence-corrected chi connectivity index (χ3v) is 2.44. The van der Waals surface area contributed by atoms with Crippen molar-refractivity contribution < 1.29 is 4.74 Å². The van der Waals surface area contributed by atoms with Crippen LogP contribution in [0.4, 0.5) is 0 Å². The molecule has 84 valence electrons. The zero-order chi connectivity index (χ0) is 11.1. The molecule has 0 unspecified atom stereocenters. The second-order valence-corrected chi connectivity index (χ2v) is 3.97. The molecule has 0 radical (unpaired) electrons. The molecular weight excluding hydrogens is 186 g/mol. The Labute approximate surface area is 92.4 Å². The number of benzene rings is 1. The Bertz CT molecular complexity index is 297. The third kappa shape index (κ3) is 4.34. The van der Waals surface area contributed by atoms with Crippen molar-refractivity contribution in [2.45, 2.75) is 33.1 Å². The lowest BCUT2D eigenvalue weighted by molar-refractivity contribution is 0.303. The molecule has 1 aromatic rings. The normalized spacial score (nSPS) is 10.3. The van der Waals surface area contributed by atoms with Crippen LogP contribution < -0.4 is 10.5 Å². The summed E-state index contributed by atoms with van der Waals surface area (Å²) in [5.41, 5.74) is 7.92. The van der Waals surface area contributed by atoms with Gasteiger partial charge in [-0.1, -0.05) is 17.7 Å². The molecule has 0 amide bonds. The van der Waals surface area contributed by atoms with E-state index in [2.05, 4.69) is 26.0 Å². The van der Waals surface area contributed by atoms with Crippen molar-refractivity contribution in [2.75, 3.05) is 13.2 Å². The number of nitrogens with two attached hydrogens (primary N) is 1. The van der Waals surface area contributed by atoms with Gasteiger partial charge in [-0.05, 0) is 51.3 Å². The highest BCUT2D eigenvalue weighted by molar-refractivity contribution is 5.35. The van der Waals surface area contributed by atoms with Gasteiger partial charge in [-0.15, -0.1) is 0 Å². The first kappa shape index (κ1) is 12.1. The number of aryl methyl sites for hydroxylation is 2. The highest BCUT2D eigenvalue weighted by atomic mass is 16.5. The fourth-order valence-electron chi connectivity index (χ4n) is 1.57. The predicted molar refractivity (Wildman–Crippen MR) is 64.3 cm³/mol. The van der Waals surface area contributed by atoms with Crippen molar-refractivity contribution in [3.63, 3.8) is 0 Å². The molecule has 0 atom stereocenters. The van der Waals surface area contributed by atoms with Gasteiger partial charge in [-0.2, -0.15) is 0 Å². The summed E-state index contributed by atoms with van der Waals surface area (Å²) in [4.78, 5) is 0. The molecule has 1 aromatic carbocycles. The monoisotopic (exact) mass is 207 g/mol. The van der Waals surface area contributed by atoms with Crippen LogP contribution in [0.5, 0.6) is 5.75 Å². The molecule has 1 rings (SSSR count). The minimum Gasteiger partial charge on any atom is -0.493 e. The first-order chi connectivity index (χ1) is 7.24. The van der Waals surface area contributed by atoms with E-state index in [1.165, 1.54) is 11.1 Å². The number of hydrogen-bond acceptors (Lipinski definition) is 2. The molecule has 0 aliphatic heterocycles. The highest BCUT2D eigenvalue weighted by Crippen LogP contribution is 2.18. The van der Waals surface area contributed by atoms with Gasteiger partial charge in [-0.25, -0.2) is 0 Å². The first-order valence-corrected chi connectivity index (χ1v) is 5.64. The largest absolute Gasteiger partial charge is 0.493 e. The lowest BCUT2D eigenvalue weighted by Gasteiger charge is -2.09. The minimum absolute atomic E-state index is 0.781. The number of hydrogen-bond donors (Lipinski definition) is 1. The van der Waals surface area contributed by atoms with Crippen molar-refractivity contribution in [1.82, 2.24) is 0 Å². The molecule has 0 saturated carbocycles. The molecule has 0 spiro atoms. The maximum Gasteiger partial charge on any atom is 0.122 e. The number of ether oxygens (including phenoxy) is 1. The fourth-order valence-corrected chi connectivity index (χ4v) is 1.57. The van der Waals surface area contributed by atoms with Crippen LogP contribution in [0.2, 0.25) is 0 Å². The molecule has 0 aliphatic rings. The molecule has 2 heteroatoms. The van der Waals surface area contributed by atoms with E-state index in [1.807, 2.05) is 6.07 Å². The van der Waals surface area contributed by atoms with E-state index in [1.54, 1.807) is 0 Å². The average molecular weight is 207 g/mol. The van der Waals surface area contributed by atoms with Crippen LogP contribution in [0.15, 0.2) is 18.2 Å².